The molecular weight excluding hydrogens is 476 g/mol. The Morgan fingerprint density at radius 2 is 1.50 bits per heavy atom. The fourth-order valence-corrected chi connectivity index (χ4v) is 5.70. The Morgan fingerprint density at radius 1 is 0.861 bits per heavy atom. The first-order valence-corrected chi connectivity index (χ1v) is 13.7. The average Bonchev–Trinajstić information content (AvgIpc) is 2.92. The number of anilines is 1. The third kappa shape index (κ3) is 6.65. The summed E-state index contributed by atoms with van der Waals surface area (Å²) in [4.78, 5) is 13.0. The lowest BCUT2D eigenvalue weighted by Gasteiger charge is -2.30. The maximum atomic E-state index is 13.0. The van der Waals surface area contributed by atoms with Crippen molar-refractivity contribution in [3.63, 3.8) is 0 Å². The third-order valence-electron chi connectivity index (χ3n) is 6.34. The predicted molar refractivity (Wildman–Crippen MR) is 140 cm³/mol. The van der Waals surface area contributed by atoms with Crippen molar-refractivity contribution in [2.75, 3.05) is 25.6 Å². The van der Waals surface area contributed by atoms with Crippen molar-refractivity contribution in [3.05, 3.63) is 84.4 Å². The van der Waals surface area contributed by atoms with E-state index >= 15 is 0 Å². The molecule has 0 heterocycles. The molecule has 1 aliphatic carbocycles. The summed E-state index contributed by atoms with van der Waals surface area (Å²) in [5.74, 6) is 1.02. The molecule has 3 aromatic carbocycles. The molecule has 1 fully saturated rings. The molecule has 190 valence electrons. The minimum absolute atomic E-state index is 0.0440. The molecule has 0 bridgehead atoms. The fourth-order valence-electron chi connectivity index (χ4n) is 4.28. The largest absolute Gasteiger partial charge is 0.490 e. The first kappa shape index (κ1) is 25.7. The number of hydrogen-bond donors (Lipinski definition) is 1. The van der Waals surface area contributed by atoms with Crippen LogP contribution in [0, 0.1) is 0 Å². The third-order valence-corrected chi connectivity index (χ3v) is 8.26. The first-order chi connectivity index (χ1) is 17.4. The van der Waals surface area contributed by atoms with Gasteiger partial charge in [0.2, 0.25) is 10.0 Å². The summed E-state index contributed by atoms with van der Waals surface area (Å²) in [7, 11) is -1.92. The lowest BCUT2D eigenvalue weighted by molar-refractivity contribution is 0.102. The maximum Gasteiger partial charge on any atom is 0.255 e. The summed E-state index contributed by atoms with van der Waals surface area (Å²) in [5.41, 5.74) is 0.951. The molecule has 1 N–H and O–H groups in total. The second kappa shape index (κ2) is 12.1. The van der Waals surface area contributed by atoms with Crippen LogP contribution >= 0.6 is 0 Å². The maximum absolute atomic E-state index is 13.0. The Bertz CT molecular complexity index is 1240. The zero-order valence-corrected chi connectivity index (χ0v) is 21.2. The van der Waals surface area contributed by atoms with Gasteiger partial charge in [-0.05, 0) is 67.4 Å². The summed E-state index contributed by atoms with van der Waals surface area (Å²) >= 11 is 0. The Balaban J connectivity index is 1.32. The van der Waals surface area contributed by atoms with Crippen LogP contribution in [-0.2, 0) is 10.0 Å². The van der Waals surface area contributed by atoms with Crippen LogP contribution in [0.1, 0.15) is 42.5 Å². The van der Waals surface area contributed by atoms with Gasteiger partial charge in [-0.25, -0.2) is 8.42 Å². The highest BCUT2D eigenvalue weighted by molar-refractivity contribution is 7.89. The van der Waals surface area contributed by atoms with Crippen molar-refractivity contribution in [1.82, 2.24) is 4.31 Å². The van der Waals surface area contributed by atoms with E-state index in [4.69, 9.17) is 9.47 Å². The van der Waals surface area contributed by atoms with Crippen molar-refractivity contribution < 1.29 is 22.7 Å². The van der Waals surface area contributed by atoms with E-state index in [1.807, 2.05) is 30.3 Å². The number of nitrogens with zero attached hydrogens (tertiary/aromatic N) is 1. The summed E-state index contributed by atoms with van der Waals surface area (Å²) in [6, 6.07) is 22.7. The van der Waals surface area contributed by atoms with Crippen LogP contribution in [0.25, 0.3) is 0 Å². The Labute approximate surface area is 213 Å². The molecule has 36 heavy (non-hydrogen) atoms. The molecule has 0 atom stereocenters. The van der Waals surface area contributed by atoms with Gasteiger partial charge in [-0.2, -0.15) is 4.31 Å². The van der Waals surface area contributed by atoms with Crippen molar-refractivity contribution in [2.45, 2.75) is 43.0 Å². The lowest BCUT2D eigenvalue weighted by Crippen LogP contribution is -2.38. The van der Waals surface area contributed by atoms with Gasteiger partial charge in [0, 0.05) is 24.3 Å². The number of carbonyl (C=O) groups excluding carboxylic acids is 1. The van der Waals surface area contributed by atoms with Gasteiger partial charge < -0.3 is 14.8 Å². The van der Waals surface area contributed by atoms with Crippen molar-refractivity contribution in [2.24, 2.45) is 0 Å². The van der Waals surface area contributed by atoms with Gasteiger partial charge in [-0.3, -0.25) is 4.79 Å². The molecule has 0 saturated heterocycles. The standard InChI is InChI=1S/C28H32N2O5S/c1-30(24-10-4-2-5-11-24)36(32,33)27-17-15-23(16-18-27)29-28(31)22-9-8-14-26(21-22)35-20-19-34-25-12-6-3-7-13-25/h3,6-9,12-18,21,24H,2,4-5,10-11,19-20H2,1H3,(H,29,31). The average molecular weight is 509 g/mol. The van der Waals surface area contributed by atoms with E-state index in [1.165, 1.54) is 16.4 Å². The van der Waals surface area contributed by atoms with Gasteiger partial charge in [-0.1, -0.05) is 43.5 Å². The van der Waals surface area contributed by atoms with Crippen molar-refractivity contribution >= 4 is 21.6 Å². The van der Waals surface area contributed by atoms with Gasteiger partial charge >= 0.3 is 0 Å². The topological polar surface area (TPSA) is 84.9 Å². The molecule has 0 spiro atoms. The SMILES string of the molecule is CN(C1CCCCC1)S(=O)(=O)c1ccc(NC(=O)c2cccc(OCCOc3ccccc3)c2)cc1. The number of ether oxygens (including phenoxy) is 2. The van der Waals surface area contributed by atoms with E-state index in [0.29, 0.717) is 30.2 Å². The zero-order valence-electron chi connectivity index (χ0n) is 20.4. The molecule has 0 radical (unpaired) electrons. The van der Waals surface area contributed by atoms with Gasteiger partial charge in [-0.15, -0.1) is 0 Å². The number of hydrogen-bond acceptors (Lipinski definition) is 5. The van der Waals surface area contributed by atoms with Crippen molar-refractivity contribution in [1.29, 1.82) is 0 Å². The number of carbonyl (C=O) groups is 1. The Morgan fingerprint density at radius 3 is 2.19 bits per heavy atom. The minimum atomic E-state index is -3.58. The van der Waals surface area contributed by atoms with Crippen LogP contribution in [0.3, 0.4) is 0 Å². The van der Waals surface area contributed by atoms with E-state index in [0.717, 1.165) is 37.9 Å². The Hall–Kier alpha value is -3.36. The molecule has 8 heteroatoms. The number of benzene rings is 3. The molecule has 7 nitrogen and oxygen atoms in total. The number of nitrogens with one attached hydrogen (secondary N) is 1. The van der Waals surface area contributed by atoms with E-state index in [-0.39, 0.29) is 16.8 Å². The normalized spacial score (nSPS) is 14.4. The van der Waals surface area contributed by atoms with Gasteiger partial charge in [0.1, 0.15) is 24.7 Å². The summed E-state index contributed by atoms with van der Waals surface area (Å²) in [6.07, 6.45) is 5.07. The van der Waals surface area contributed by atoms with E-state index < -0.39 is 10.0 Å². The second-order valence-corrected chi connectivity index (χ2v) is 10.8. The van der Waals surface area contributed by atoms with Crippen LogP contribution in [0.2, 0.25) is 0 Å². The molecule has 1 aliphatic rings. The fraction of sp³-hybridized carbons (Fsp3) is 0.321. The molecular formula is C28H32N2O5S. The number of rotatable bonds is 10. The molecule has 0 aromatic heterocycles. The number of amides is 1. The molecule has 1 amide bonds. The van der Waals surface area contributed by atoms with Crippen LogP contribution in [0.4, 0.5) is 5.69 Å². The van der Waals surface area contributed by atoms with Crippen LogP contribution in [-0.4, -0.2) is 44.9 Å². The van der Waals surface area contributed by atoms with E-state index in [2.05, 4.69) is 5.32 Å². The molecule has 0 unspecified atom stereocenters. The number of sulfonamides is 1. The van der Waals surface area contributed by atoms with Gasteiger partial charge in [0.05, 0.1) is 4.90 Å². The van der Waals surface area contributed by atoms with Crippen LogP contribution in [0.15, 0.2) is 83.8 Å². The highest BCUT2D eigenvalue weighted by Gasteiger charge is 2.29. The molecule has 1 saturated carbocycles. The summed E-state index contributed by atoms with van der Waals surface area (Å²) in [5, 5.41) is 2.82. The van der Waals surface area contributed by atoms with Crippen LogP contribution in [0.5, 0.6) is 11.5 Å². The quantitative estimate of drug-likeness (QED) is 0.373. The van der Waals surface area contributed by atoms with Gasteiger partial charge in [0.15, 0.2) is 0 Å². The highest BCUT2D eigenvalue weighted by atomic mass is 32.2. The Kier molecular flexibility index (Phi) is 8.61. The molecule has 0 aliphatic heterocycles. The monoisotopic (exact) mass is 508 g/mol. The van der Waals surface area contributed by atoms with E-state index in [9.17, 15) is 13.2 Å². The number of para-hydroxylation sites is 1. The highest BCUT2D eigenvalue weighted by Crippen LogP contribution is 2.27. The smallest absolute Gasteiger partial charge is 0.255 e. The van der Waals surface area contributed by atoms with Crippen LogP contribution < -0.4 is 14.8 Å². The first-order valence-electron chi connectivity index (χ1n) is 12.2. The summed E-state index contributed by atoms with van der Waals surface area (Å²) < 4.78 is 38.9. The van der Waals surface area contributed by atoms with Crippen molar-refractivity contribution in [3.8, 4) is 11.5 Å². The predicted octanol–water partition coefficient (Wildman–Crippen LogP) is 5.35. The summed E-state index contributed by atoms with van der Waals surface area (Å²) in [6.45, 7) is 0.719. The lowest BCUT2D eigenvalue weighted by atomic mass is 9.96. The molecule has 3 aromatic rings. The second-order valence-electron chi connectivity index (χ2n) is 8.83. The van der Waals surface area contributed by atoms with E-state index in [1.54, 1.807) is 43.4 Å². The van der Waals surface area contributed by atoms with Gasteiger partial charge in [0.25, 0.3) is 5.91 Å². The molecule has 4 rings (SSSR count). The zero-order chi connectivity index (χ0) is 25.4. The minimum Gasteiger partial charge on any atom is -0.490 e.